The standard InChI is InChI=1S/C14H18O6/c1-14(2,3)20-12(15)8-19-10-6-5-9(13(16)17)7-11(10)18-4/h5-7H,8H2,1-4H3,(H,16,17). The Bertz CT molecular complexity index is 501. The van der Waals surface area contributed by atoms with Crippen molar-refractivity contribution in [1.29, 1.82) is 0 Å². The van der Waals surface area contributed by atoms with Crippen molar-refractivity contribution < 1.29 is 28.9 Å². The van der Waals surface area contributed by atoms with Gasteiger partial charge in [0.2, 0.25) is 0 Å². The van der Waals surface area contributed by atoms with Crippen LogP contribution in [-0.2, 0) is 9.53 Å². The van der Waals surface area contributed by atoms with Gasteiger partial charge in [-0.3, -0.25) is 0 Å². The summed E-state index contributed by atoms with van der Waals surface area (Å²) in [7, 11) is 1.39. The fraction of sp³-hybridized carbons (Fsp3) is 0.429. The molecule has 0 aliphatic heterocycles. The van der Waals surface area contributed by atoms with Gasteiger partial charge in [0.15, 0.2) is 18.1 Å². The molecular weight excluding hydrogens is 264 g/mol. The van der Waals surface area contributed by atoms with Crippen LogP contribution in [0.25, 0.3) is 0 Å². The number of ether oxygens (including phenoxy) is 3. The van der Waals surface area contributed by atoms with E-state index in [-0.39, 0.29) is 23.7 Å². The van der Waals surface area contributed by atoms with E-state index in [2.05, 4.69) is 0 Å². The molecule has 0 radical (unpaired) electrons. The van der Waals surface area contributed by atoms with Crippen molar-refractivity contribution in [3.05, 3.63) is 23.8 Å². The zero-order chi connectivity index (χ0) is 15.3. The molecule has 0 spiro atoms. The molecular formula is C14H18O6. The first-order valence-corrected chi connectivity index (χ1v) is 5.99. The minimum atomic E-state index is -1.07. The number of carboxylic acid groups (broad SMARTS) is 1. The number of esters is 1. The Kier molecular flexibility index (Phi) is 4.96. The molecule has 0 saturated heterocycles. The molecule has 0 saturated carbocycles. The molecule has 0 aliphatic carbocycles. The first-order valence-electron chi connectivity index (χ1n) is 5.99. The zero-order valence-corrected chi connectivity index (χ0v) is 11.9. The minimum Gasteiger partial charge on any atom is -0.493 e. The van der Waals surface area contributed by atoms with Gasteiger partial charge in [-0.25, -0.2) is 9.59 Å². The molecule has 0 unspecified atom stereocenters. The van der Waals surface area contributed by atoms with Crippen molar-refractivity contribution >= 4 is 11.9 Å². The molecule has 0 amide bonds. The van der Waals surface area contributed by atoms with Crippen LogP contribution >= 0.6 is 0 Å². The third-order valence-corrected chi connectivity index (χ3v) is 2.18. The number of hydrogen-bond donors (Lipinski definition) is 1. The summed E-state index contributed by atoms with van der Waals surface area (Å²) in [6.45, 7) is 4.99. The van der Waals surface area contributed by atoms with Crippen LogP contribution in [0.4, 0.5) is 0 Å². The second-order valence-corrected chi connectivity index (χ2v) is 5.05. The number of carbonyl (C=O) groups excluding carboxylic acids is 1. The van der Waals surface area contributed by atoms with Gasteiger partial charge in [0.25, 0.3) is 0 Å². The van der Waals surface area contributed by atoms with Crippen molar-refractivity contribution in [2.24, 2.45) is 0 Å². The summed E-state index contributed by atoms with van der Waals surface area (Å²) in [4.78, 5) is 22.4. The van der Waals surface area contributed by atoms with E-state index in [1.165, 1.54) is 25.3 Å². The molecule has 0 heterocycles. The number of aromatic carboxylic acids is 1. The molecule has 1 rings (SSSR count). The molecule has 1 aromatic rings. The van der Waals surface area contributed by atoms with Crippen molar-refractivity contribution in [2.45, 2.75) is 26.4 Å². The van der Waals surface area contributed by atoms with Crippen LogP contribution < -0.4 is 9.47 Å². The van der Waals surface area contributed by atoms with E-state index in [4.69, 9.17) is 19.3 Å². The van der Waals surface area contributed by atoms with Gasteiger partial charge >= 0.3 is 11.9 Å². The van der Waals surface area contributed by atoms with E-state index in [9.17, 15) is 9.59 Å². The van der Waals surface area contributed by atoms with Gasteiger partial charge in [0, 0.05) is 0 Å². The summed E-state index contributed by atoms with van der Waals surface area (Å²) in [5.74, 6) is -1.05. The first kappa shape index (κ1) is 15.8. The maximum absolute atomic E-state index is 11.5. The second kappa shape index (κ2) is 6.27. The van der Waals surface area contributed by atoms with Crippen LogP contribution in [0.15, 0.2) is 18.2 Å². The highest BCUT2D eigenvalue weighted by Crippen LogP contribution is 2.28. The quantitative estimate of drug-likeness (QED) is 0.833. The lowest BCUT2D eigenvalue weighted by atomic mass is 10.2. The van der Waals surface area contributed by atoms with E-state index in [1.54, 1.807) is 20.8 Å². The van der Waals surface area contributed by atoms with E-state index < -0.39 is 17.5 Å². The third-order valence-electron chi connectivity index (χ3n) is 2.18. The molecule has 0 atom stereocenters. The summed E-state index contributed by atoms with van der Waals surface area (Å²) in [6.07, 6.45) is 0. The number of methoxy groups -OCH3 is 1. The molecule has 0 aromatic heterocycles. The second-order valence-electron chi connectivity index (χ2n) is 5.05. The maximum atomic E-state index is 11.5. The fourth-order valence-corrected chi connectivity index (χ4v) is 1.43. The lowest BCUT2D eigenvalue weighted by Gasteiger charge is -2.19. The molecule has 0 bridgehead atoms. The Balaban J connectivity index is 2.73. The molecule has 0 aliphatic rings. The average molecular weight is 282 g/mol. The molecule has 110 valence electrons. The van der Waals surface area contributed by atoms with Gasteiger partial charge < -0.3 is 19.3 Å². The Labute approximate surface area is 117 Å². The van der Waals surface area contributed by atoms with E-state index >= 15 is 0 Å². The number of carboxylic acids is 1. The maximum Gasteiger partial charge on any atom is 0.344 e. The molecule has 1 aromatic carbocycles. The number of benzene rings is 1. The Hall–Kier alpha value is -2.24. The molecule has 20 heavy (non-hydrogen) atoms. The predicted octanol–water partition coefficient (Wildman–Crippen LogP) is 2.11. The van der Waals surface area contributed by atoms with Crippen LogP contribution in [0.1, 0.15) is 31.1 Å². The monoisotopic (exact) mass is 282 g/mol. The largest absolute Gasteiger partial charge is 0.493 e. The summed E-state index contributed by atoms with van der Waals surface area (Å²) < 4.78 is 15.4. The summed E-state index contributed by atoms with van der Waals surface area (Å²) in [5.41, 5.74) is -0.510. The first-order chi connectivity index (χ1) is 9.23. The molecule has 0 fully saturated rings. The Morgan fingerprint density at radius 2 is 1.85 bits per heavy atom. The number of rotatable bonds is 5. The van der Waals surface area contributed by atoms with Gasteiger partial charge in [0.05, 0.1) is 12.7 Å². The van der Waals surface area contributed by atoms with Crippen molar-refractivity contribution in [3.8, 4) is 11.5 Å². The number of carbonyl (C=O) groups is 2. The Morgan fingerprint density at radius 3 is 2.35 bits per heavy atom. The highest BCUT2D eigenvalue weighted by atomic mass is 16.6. The van der Waals surface area contributed by atoms with Crippen molar-refractivity contribution in [2.75, 3.05) is 13.7 Å². The van der Waals surface area contributed by atoms with Gasteiger partial charge in [-0.15, -0.1) is 0 Å². The summed E-state index contributed by atoms with van der Waals surface area (Å²) in [5, 5.41) is 8.87. The van der Waals surface area contributed by atoms with Crippen LogP contribution in [-0.4, -0.2) is 36.4 Å². The molecule has 6 heteroatoms. The lowest BCUT2D eigenvalue weighted by Crippen LogP contribution is -2.27. The Morgan fingerprint density at radius 1 is 1.20 bits per heavy atom. The highest BCUT2D eigenvalue weighted by molar-refractivity contribution is 5.88. The fourth-order valence-electron chi connectivity index (χ4n) is 1.43. The third kappa shape index (κ3) is 4.79. The SMILES string of the molecule is COc1cc(C(=O)O)ccc1OCC(=O)OC(C)(C)C. The predicted molar refractivity (Wildman–Crippen MR) is 71.3 cm³/mol. The molecule has 1 N–H and O–H groups in total. The van der Waals surface area contributed by atoms with E-state index in [0.717, 1.165) is 0 Å². The van der Waals surface area contributed by atoms with Gasteiger partial charge in [0.1, 0.15) is 5.60 Å². The highest BCUT2D eigenvalue weighted by Gasteiger charge is 2.17. The van der Waals surface area contributed by atoms with E-state index in [1.807, 2.05) is 0 Å². The van der Waals surface area contributed by atoms with Crippen molar-refractivity contribution in [3.63, 3.8) is 0 Å². The average Bonchev–Trinajstić information content (AvgIpc) is 2.33. The van der Waals surface area contributed by atoms with Gasteiger partial charge in [-0.1, -0.05) is 0 Å². The minimum absolute atomic E-state index is 0.0754. The zero-order valence-electron chi connectivity index (χ0n) is 11.9. The molecule has 6 nitrogen and oxygen atoms in total. The smallest absolute Gasteiger partial charge is 0.344 e. The summed E-state index contributed by atoms with van der Waals surface area (Å²) >= 11 is 0. The van der Waals surface area contributed by atoms with Crippen LogP contribution in [0.5, 0.6) is 11.5 Å². The van der Waals surface area contributed by atoms with Crippen LogP contribution in [0.2, 0.25) is 0 Å². The summed E-state index contributed by atoms with van der Waals surface area (Å²) in [6, 6.07) is 4.13. The van der Waals surface area contributed by atoms with Crippen molar-refractivity contribution in [1.82, 2.24) is 0 Å². The van der Waals surface area contributed by atoms with Crippen LogP contribution in [0.3, 0.4) is 0 Å². The normalized spacial score (nSPS) is 10.8. The van der Waals surface area contributed by atoms with Gasteiger partial charge in [-0.2, -0.15) is 0 Å². The number of hydrogen-bond acceptors (Lipinski definition) is 5. The van der Waals surface area contributed by atoms with Crippen LogP contribution in [0, 0.1) is 0 Å². The lowest BCUT2D eigenvalue weighted by molar-refractivity contribution is -0.157. The van der Waals surface area contributed by atoms with E-state index in [0.29, 0.717) is 0 Å². The van der Waals surface area contributed by atoms with Gasteiger partial charge in [-0.05, 0) is 39.0 Å². The topological polar surface area (TPSA) is 82.1 Å².